The molecule has 1 saturated heterocycles. The summed E-state index contributed by atoms with van der Waals surface area (Å²) in [5.74, 6) is -2.41. The summed E-state index contributed by atoms with van der Waals surface area (Å²) >= 11 is 0. The number of Topliss-reactive ketones (excluding diaryl/α,β-unsaturated/α-hetero) is 1. The van der Waals surface area contributed by atoms with Crippen molar-refractivity contribution in [3.63, 3.8) is 0 Å². The molecule has 0 saturated carbocycles. The normalized spacial score (nSPS) is 12.8. The third-order valence-corrected chi connectivity index (χ3v) is 5.95. The molecule has 1 fully saturated rings. The number of piperidine rings is 1. The summed E-state index contributed by atoms with van der Waals surface area (Å²) in [5.41, 5.74) is 6.67. The Balaban J connectivity index is 0.00000138. The molecule has 0 radical (unpaired) electrons. The molecule has 3 rings (SSSR count). The van der Waals surface area contributed by atoms with E-state index in [0.717, 1.165) is 32.9 Å². The number of carboxylic acids is 2. The average molecular weight is 570 g/mol. The monoisotopic (exact) mass is 569 g/mol. The van der Waals surface area contributed by atoms with Gasteiger partial charge in [-0.15, -0.1) is 0 Å². The van der Waals surface area contributed by atoms with Crippen LogP contribution in [0, 0.1) is 10.8 Å². The summed E-state index contributed by atoms with van der Waals surface area (Å²) in [7, 11) is 0. The maximum atomic E-state index is 12.5. The first kappa shape index (κ1) is 32.3. The van der Waals surface area contributed by atoms with Crippen LogP contribution in [0.25, 0.3) is 0 Å². The van der Waals surface area contributed by atoms with E-state index in [1.54, 1.807) is 31.2 Å². The molecule has 2 aromatic carbocycles. The number of likely N-dealkylation sites (tertiary alicyclic amines) is 1. The second kappa shape index (κ2) is 15.6. The van der Waals surface area contributed by atoms with E-state index in [1.165, 1.54) is 18.2 Å². The lowest BCUT2D eigenvalue weighted by Crippen LogP contribution is -2.40. The van der Waals surface area contributed by atoms with Crippen molar-refractivity contribution < 1.29 is 38.9 Å². The van der Waals surface area contributed by atoms with Gasteiger partial charge in [-0.25, -0.2) is 4.79 Å². The highest BCUT2D eigenvalue weighted by molar-refractivity contribution is 6.33. The van der Waals surface area contributed by atoms with Crippen LogP contribution in [-0.2, 0) is 20.8 Å². The summed E-state index contributed by atoms with van der Waals surface area (Å²) in [6.07, 6.45) is 1.37. The summed E-state index contributed by atoms with van der Waals surface area (Å²) in [6.45, 7) is 4.65. The number of nitrogens with one attached hydrogen (secondary N) is 3. The maximum absolute atomic E-state index is 12.5. The smallest absolute Gasteiger partial charge is 0.372 e. The molecular formula is C28H35N5O8. The number of rotatable bonds is 11. The standard InChI is InChI=1S/C26H31N5O6.C2H4O2/c1-16(27)31-11-8-21(9-12-31)37-20-6-4-17(5-7-20)25(33)30-10-13-36-23-15-19(24(28)29)3-2-18(23)14-22(32)26(34)35;1-2(3)4/h2-7,15,21,27H,8-14H2,1H3,(H3,28,29)(H,30,33)(H,34,35);1H3,(H,3,4). The van der Waals surface area contributed by atoms with Crippen molar-refractivity contribution in [1.29, 1.82) is 10.8 Å². The number of nitrogens with zero attached hydrogens (tertiary/aromatic N) is 1. The Morgan fingerprint density at radius 2 is 1.59 bits per heavy atom. The lowest BCUT2D eigenvalue weighted by atomic mass is 10.0. The van der Waals surface area contributed by atoms with Gasteiger partial charge in [0.25, 0.3) is 11.9 Å². The summed E-state index contributed by atoms with van der Waals surface area (Å²) in [4.78, 5) is 46.1. The molecule has 220 valence electrons. The first-order valence-electron chi connectivity index (χ1n) is 12.8. The zero-order valence-corrected chi connectivity index (χ0v) is 22.9. The molecular weight excluding hydrogens is 534 g/mol. The third kappa shape index (κ3) is 11.0. The Morgan fingerprint density at radius 3 is 2.12 bits per heavy atom. The van der Waals surface area contributed by atoms with Crippen molar-refractivity contribution >= 4 is 35.3 Å². The van der Waals surface area contributed by atoms with Gasteiger partial charge in [0.2, 0.25) is 5.78 Å². The molecule has 41 heavy (non-hydrogen) atoms. The summed E-state index contributed by atoms with van der Waals surface area (Å²) < 4.78 is 11.7. The van der Waals surface area contributed by atoms with Gasteiger partial charge in [-0.05, 0) is 37.3 Å². The number of amidine groups is 2. The SMILES string of the molecule is CC(=N)N1CCC(Oc2ccc(C(=O)NCCOc3cc(C(=N)N)ccc3CC(=O)C(=O)O)cc2)CC1.CC(=O)O. The lowest BCUT2D eigenvalue weighted by molar-refractivity contribution is -0.148. The molecule has 0 bridgehead atoms. The Hall–Kier alpha value is -4.94. The molecule has 0 atom stereocenters. The maximum Gasteiger partial charge on any atom is 0.372 e. The Morgan fingerprint density at radius 1 is 1.00 bits per heavy atom. The second-order valence-corrected chi connectivity index (χ2v) is 9.18. The molecule has 2 aromatic rings. The number of nitrogens with two attached hydrogens (primary N) is 1. The predicted octanol–water partition coefficient (Wildman–Crippen LogP) is 1.91. The highest BCUT2D eigenvalue weighted by atomic mass is 16.5. The molecule has 1 heterocycles. The van der Waals surface area contributed by atoms with Crippen LogP contribution in [0.3, 0.4) is 0 Å². The zero-order chi connectivity index (χ0) is 30.5. The van der Waals surface area contributed by atoms with Gasteiger partial charge in [-0.1, -0.05) is 12.1 Å². The number of benzene rings is 2. The van der Waals surface area contributed by atoms with Crippen molar-refractivity contribution in [1.82, 2.24) is 10.2 Å². The van der Waals surface area contributed by atoms with Crippen LogP contribution >= 0.6 is 0 Å². The number of amides is 1. The van der Waals surface area contributed by atoms with Crippen molar-refractivity contribution in [2.75, 3.05) is 26.2 Å². The van der Waals surface area contributed by atoms with E-state index in [2.05, 4.69) is 5.32 Å². The number of carboxylic acid groups (broad SMARTS) is 2. The Kier molecular flexibility index (Phi) is 12.3. The van der Waals surface area contributed by atoms with Gasteiger partial charge in [0.1, 0.15) is 30.0 Å². The van der Waals surface area contributed by atoms with Crippen LogP contribution in [0.15, 0.2) is 42.5 Å². The number of nitrogen functional groups attached to an aromatic ring is 1. The first-order chi connectivity index (χ1) is 19.4. The van der Waals surface area contributed by atoms with Crippen molar-refractivity contribution in [2.24, 2.45) is 5.73 Å². The minimum Gasteiger partial charge on any atom is -0.491 e. The minimum absolute atomic E-state index is 0.0521. The number of ether oxygens (including phenoxy) is 2. The molecule has 13 heteroatoms. The third-order valence-electron chi connectivity index (χ3n) is 5.95. The minimum atomic E-state index is -1.55. The summed E-state index contributed by atoms with van der Waals surface area (Å²) in [6, 6.07) is 11.3. The first-order valence-corrected chi connectivity index (χ1v) is 12.8. The topological polar surface area (TPSA) is 216 Å². The van der Waals surface area contributed by atoms with Gasteiger partial charge in [0.05, 0.1) is 12.4 Å². The predicted molar refractivity (Wildman–Crippen MR) is 150 cm³/mol. The zero-order valence-electron chi connectivity index (χ0n) is 22.9. The number of hydrogen-bond donors (Lipinski definition) is 6. The van der Waals surface area contributed by atoms with E-state index in [1.807, 2.05) is 4.90 Å². The van der Waals surface area contributed by atoms with E-state index in [-0.39, 0.29) is 43.2 Å². The largest absolute Gasteiger partial charge is 0.491 e. The fourth-order valence-electron chi connectivity index (χ4n) is 3.87. The van der Waals surface area contributed by atoms with Crippen LogP contribution in [0.1, 0.15) is 48.2 Å². The van der Waals surface area contributed by atoms with Gasteiger partial charge in [0, 0.05) is 56.0 Å². The Bertz CT molecular complexity index is 1270. The van der Waals surface area contributed by atoms with Gasteiger partial charge >= 0.3 is 5.97 Å². The lowest BCUT2D eigenvalue weighted by Gasteiger charge is -2.32. The van der Waals surface area contributed by atoms with Gasteiger partial charge in [-0.3, -0.25) is 25.2 Å². The van der Waals surface area contributed by atoms with E-state index < -0.39 is 17.7 Å². The van der Waals surface area contributed by atoms with Crippen LogP contribution in [-0.4, -0.2) is 82.8 Å². The molecule has 0 aromatic heterocycles. The van der Waals surface area contributed by atoms with Crippen LogP contribution in [0.2, 0.25) is 0 Å². The van der Waals surface area contributed by atoms with Crippen molar-refractivity contribution in [3.05, 3.63) is 59.2 Å². The molecule has 1 amide bonds. The van der Waals surface area contributed by atoms with Crippen molar-refractivity contribution in [3.8, 4) is 11.5 Å². The van der Waals surface area contributed by atoms with E-state index in [9.17, 15) is 14.4 Å². The summed E-state index contributed by atoms with van der Waals surface area (Å²) in [5, 5.41) is 34.3. The van der Waals surface area contributed by atoms with E-state index in [0.29, 0.717) is 28.3 Å². The fraction of sp³-hybridized carbons (Fsp3) is 0.357. The number of ketones is 1. The second-order valence-electron chi connectivity index (χ2n) is 9.18. The molecule has 0 spiro atoms. The van der Waals surface area contributed by atoms with Crippen LogP contribution < -0.4 is 20.5 Å². The van der Waals surface area contributed by atoms with E-state index in [4.69, 9.17) is 41.0 Å². The highest BCUT2D eigenvalue weighted by Crippen LogP contribution is 2.22. The fourth-order valence-corrected chi connectivity index (χ4v) is 3.87. The Labute approximate surface area is 237 Å². The van der Waals surface area contributed by atoms with Gasteiger partial charge in [-0.2, -0.15) is 0 Å². The number of hydrogen-bond acceptors (Lipinski definition) is 8. The van der Waals surface area contributed by atoms with Crippen LogP contribution in [0.5, 0.6) is 11.5 Å². The van der Waals surface area contributed by atoms with Crippen LogP contribution in [0.4, 0.5) is 0 Å². The quantitative estimate of drug-likeness (QED) is 0.0999. The molecule has 1 aliphatic heterocycles. The molecule has 0 aliphatic carbocycles. The number of carbonyl (C=O) groups is 4. The molecule has 0 unspecified atom stereocenters. The molecule has 7 N–H and O–H groups in total. The van der Waals surface area contributed by atoms with Gasteiger partial charge in [0.15, 0.2) is 0 Å². The number of carbonyl (C=O) groups excluding carboxylic acids is 2. The molecule has 1 aliphatic rings. The van der Waals surface area contributed by atoms with E-state index >= 15 is 0 Å². The van der Waals surface area contributed by atoms with Gasteiger partial charge < -0.3 is 35.6 Å². The van der Waals surface area contributed by atoms with Crippen molar-refractivity contribution in [2.45, 2.75) is 39.2 Å². The highest BCUT2D eigenvalue weighted by Gasteiger charge is 2.21. The average Bonchev–Trinajstić information content (AvgIpc) is 2.91. The molecule has 13 nitrogen and oxygen atoms in total. The number of aliphatic carboxylic acids is 2.